The second-order valence-corrected chi connectivity index (χ2v) is 7.64. The maximum atomic E-state index is 13.1. The number of amides is 1. The summed E-state index contributed by atoms with van der Waals surface area (Å²) in [4.78, 5) is 30.5. The lowest BCUT2D eigenvalue weighted by Crippen LogP contribution is -2.41. The first-order valence-electron chi connectivity index (χ1n) is 10.7. The van der Waals surface area contributed by atoms with Crippen molar-refractivity contribution in [1.29, 1.82) is 0 Å². The summed E-state index contributed by atoms with van der Waals surface area (Å²) in [6, 6.07) is 3.58. The minimum Gasteiger partial charge on any atom is -0.489 e. The zero-order chi connectivity index (χ0) is 22.8. The van der Waals surface area contributed by atoms with Crippen LogP contribution in [-0.4, -0.2) is 53.2 Å². The Labute approximate surface area is 185 Å². The van der Waals surface area contributed by atoms with Gasteiger partial charge in [0.15, 0.2) is 11.4 Å². The van der Waals surface area contributed by atoms with Gasteiger partial charge in [0.25, 0.3) is 5.91 Å². The number of hydrogen-bond donors (Lipinski definition) is 1. The number of nitrogens with zero attached hydrogens (tertiary/aromatic N) is 7. The van der Waals surface area contributed by atoms with Gasteiger partial charge in [-0.1, -0.05) is 29.6 Å². The number of hydrogen-bond acceptors (Lipinski definition) is 8. The van der Waals surface area contributed by atoms with E-state index in [0.717, 1.165) is 17.9 Å². The summed E-state index contributed by atoms with van der Waals surface area (Å²) in [6.07, 6.45) is 7.71. The third kappa shape index (κ3) is 5.94. The number of nitroso groups, excluding NO2 is 1. The zero-order valence-electron chi connectivity index (χ0n) is 17.9. The number of imidazole rings is 1. The number of nitrogens with two attached hydrogens (primary N) is 1. The summed E-state index contributed by atoms with van der Waals surface area (Å²) in [5.74, 6) is 6.52. The maximum absolute atomic E-state index is 13.1. The van der Waals surface area contributed by atoms with Crippen molar-refractivity contribution in [3.05, 3.63) is 45.1 Å². The molecule has 2 N–H and O–H groups in total. The minimum atomic E-state index is -0.498. The van der Waals surface area contributed by atoms with E-state index in [2.05, 4.69) is 20.2 Å². The number of aromatic nitrogens is 2. The lowest BCUT2D eigenvalue weighted by Gasteiger charge is -2.21. The Balaban J connectivity index is 1.80. The van der Waals surface area contributed by atoms with Crippen LogP contribution in [0.2, 0.25) is 0 Å². The molecular weight excluding hydrogens is 416 g/mol. The molecule has 1 fully saturated rings. The van der Waals surface area contributed by atoms with Crippen molar-refractivity contribution >= 4 is 11.6 Å². The predicted octanol–water partition coefficient (Wildman–Crippen LogP) is 3.20. The average molecular weight is 444 g/mol. The molecule has 32 heavy (non-hydrogen) atoms. The lowest BCUT2D eigenvalue weighted by molar-refractivity contribution is 0.0644. The number of carbonyl (C=O) groups is 1. The van der Waals surface area contributed by atoms with E-state index in [4.69, 9.17) is 20.8 Å². The standard InChI is InChI=1S/C20H28N8O4/c21-26-23-13-16-18(20(29)28(22)10-12-31-11-8-24-30)27-9-4-7-17(19(27)25-16)32-14-15-5-2-1-3-6-15/h4,7,9,15H,1-3,5-6,8,10-14,22H2. The van der Waals surface area contributed by atoms with Crippen molar-refractivity contribution in [3.63, 3.8) is 0 Å². The van der Waals surface area contributed by atoms with Gasteiger partial charge in [-0.25, -0.2) is 10.8 Å². The van der Waals surface area contributed by atoms with Gasteiger partial charge in [-0.3, -0.25) is 14.2 Å². The fourth-order valence-electron chi connectivity index (χ4n) is 3.80. The smallest absolute Gasteiger partial charge is 0.286 e. The van der Waals surface area contributed by atoms with Gasteiger partial charge >= 0.3 is 0 Å². The van der Waals surface area contributed by atoms with Crippen molar-refractivity contribution in [3.8, 4) is 5.75 Å². The second kappa shape index (κ2) is 12.0. The number of fused-ring (bicyclic) bond motifs is 1. The molecule has 0 bridgehead atoms. The number of azide groups is 1. The molecule has 2 heterocycles. The lowest BCUT2D eigenvalue weighted by atomic mass is 9.90. The molecule has 0 atom stereocenters. The first-order chi connectivity index (χ1) is 15.7. The van der Waals surface area contributed by atoms with Crippen LogP contribution in [0.4, 0.5) is 0 Å². The highest BCUT2D eigenvalue weighted by molar-refractivity contribution is 5.94. The van der Waals surface area contributed by atoms with Crippen LogP contribution in [0, 0.1) is 10.8 Å². The van der Waals surface area contributed by atoms with E-state index in [0.29, 0.717) is 29.6 Å². The molecule has 1 saturated carbocycles. The molecule has 12 heteroatoms. The monoisotopic (exact) mass is 444 g/mol. The first kappa shape index (κ1) is 23.5. The maximum Gasteiger partial charge on any atom is 0.286 e. The fraction of sp³-hybridized carbons (Fsp3) is 0.600. The summed E-state index contributed by atoms with van der Waals surface area (Å²) in [5.41, 5.74) is 9.72. The molecule has 12 nitrogen and oxygen atoms in total. The third-order valence-electron chi connectivity index (χ3n) is 5.44. The van der Waals surface area contributed by atoms with Gasteiger partial charge in [0.1, 0.15) is 12.2 Å². The molecule has 1 aliphatic rings. The summed E-state index contributed by atoms with van der Waals surface area (Å²) in [6.45, 7) is 0.935. The molecule has 2 aromatic heterocycles. The van der Waals surface area contributed by atoms with Crippen LogP contribution in [-0.2, 0) is 11.3 Å². The number of hydrazine groups is 1. The SMILES string of the molecule is [N-]=[N+]=NCc1nc2c(OCC3CCCCC3)cccn2c1C(=O)N(N)CCOCCN=O. The van der Waals surface area contributed by atoms with E-state index in [1.807, 2.05) is 6.07 Å². The van der Waals surface area contributed by atoms with Gasteiger partial charge in [-0.05, 0) is 36.4 Å². The zero-order valence-corrected chi connectivity index (χ0v) is 17.9. The normalized spacial score (nSPS) is 14.2. The first-order valence-corrected chi connectivity index (χ1v) is 10.7. The molecule has 3 rings (SSSR count). The molecule has 0 saturated heterocycles. The topological polar surface area (TPSA) is 160 Å². The fourth-order valence-corrected chi connectivity index (χ4v) is 3.80. The van der Waals surface area contributed by atoms with Crippen molar-refractivity contribution in [2.75, 3.05) is 32.9 Å². The molecule has 1 aliphatic carbocycles. The van der Waals surface area contributed by atoms with E-state index < -0.39 is 5.91 Å². The third-order valence-corrected chi connectivity index (χ3v) is 5.44. The van der Waals surface area contributed by atoms with Crippen molar-refractivity contribution in [2.24, 2.45) is 22.1 Å². The van der Waals surface area contributed by atoms with E-state index in [-0.39, 0.29) is 38.5 Å². The summed E-state index contributed by atoms with van der Waals surface area (Å²) in [7, 11) is 0. The van der Waals surface area contributed by atoms with Gasteiger partial charge in [-0.15, -0.1) is 0 Å². The minimum absolute atomic E-state index is 0.0335. The van der Waals surface area contributed by atoms with E-state index in [1.54, 1.807) is 16.7 Å². The number of ether oxygens (including phenoxy) is 2. The molecule has 0 spiro atoms. The quantitative estimate of drug-likeness (QED) is 0.0773. The van der Waals surface area contributed by atoms with E-state index in [9.17, 15) is 9.70 Å². The second-order valence-electron chi connectivity index (χ2n) is 7.64. The molecule has 0 radical (unpaired) electrons. The highest BCUT2D eigenvalue weighted by Gasteiger charge is 2.24. The molecular formula is C20H28N8O4. The Morgan fingerprint density at radius 2 is 2.16 bits per heavy atom. The summed E-state index contributed by atoms with van der Waals surface area (Å²) < 4.78 is 12.9. The Kier molecular flexibility index (Phi) is 8.79. The Hall–Kier alpha value is -3.21. The van der Waals surface area contributed by atoms with Gasteiger partial charge in [0.05, 0.1) is 38.6 Å². The van der Waals surface area contributed by atoms with Crippen LogP contribution in [0.5, 0.6) is 5.75 Å². The van der Waals surface area contributed by atoms with E-state index in [1.165, 1.54) is 19.3 Å². The van der Waals surface area contributed by atoms with Crippen LogP contribution in [0.25, 0.3) is 16.1 Å². The average Bonchev–Trinajstić information content (AvgIpc) is 3.20. The molecule has 0 aliphatic heterocycles. The van der Waals surface area contributed by atoms with Gasteiger partial charge < -0.3 is 9.47 Å². The highest BCUT2D eigenvalue weighted by atomic mass is 16.5. The van der Waals surface area contributed by atoms with Crippen LogP contribution in [0.1, 0.15) is 48.3 Å². The van der Waals surface area contributed by atoms with Crippen LogP contribution >= 0.6 is 0 Å². The van der Waals surface area contributed by atoms with Crippen LogP contribution < -0.4 is 10.6 Å². The largest absolute Gasteiger partial charge is 0.489 e. The molecule has 0 aromatic carbocycles. The number of pyridine rings is 1. The Morgan fingerprint density at radius 1 is 1.34 bits per heavy atom. The van der Waals surface area contributed by atoms with E-state index >= 15 is 0 Å². The van der Waals surface area contributed by atoms with Crippen LogP contribution in [0.15, 0.2) is 28.6 Å². The Bertz CT molecular complexity index is 966. The number of rotatable bonds is 12. The summed E-state index contributed by atoms with van der Waals surface area (Å²) in [5, 5.41) is 7.28. The molecule has 172 valence electrons. The Morgan fingerprint density at radius 3 is 2.91 bits per heavy atom. The molecule has 0 unspecified atom stereocenters. The predicted molar refractivity (Wildman–Crippen MR) is 117 cm³/mol. The molecule has 2 aromatic rings. The van der Waals surface area contributed by atoms with Gasteiger partial charge in [-0.2, -0.15) is 4.91 Å². The molecule has 1 amide bonds. The highest BCUT2D eigenvalue weighted by Crippen LogP contribution is 2.27. The van der Waals surface area contributed by atoms with Crippen molar-refractivity contribution in [2.45, 2.75) is 38.6 Å². The van der Waals surface area contributed by atoms with Gasteiger partial charge in [0, 0.05) is 11.1 Å². The van der Waals surface area contributed by atoms with Crippen molar-refractivity contribution in [1.82, 2.24) is 14.4 Å². The van der Waals surface area contributed by atoms with Crippen LogP contribution in [0.3, 0.4) is 0 Å². The number of carbonyl (C=O) groups excluding carboxylic acids is 1. The summed E-state index contributed by atoms with van der Waals surface area (Å²) >= 11 is 0. The van der Waals surface area contributed by atoms with Gasteiger partial charge in [0.2, 0.25) is 0 Å². The van der Waals surface area contributed by atoms with Crippen molar-refractivity contribution < 1.29 is 14.3 Å².